The summed E-state index contributed by atoms with van der Waals surface area (Å²) in [6.07, 6.45) is 1.68. The van der Waals surface area contributed by atoms with Crippen LogP contribution < -0.4 is 15.0 Å². The number of aromatic nitrogens is 1. The van der Waals surface area contributed by atoms with E-state index in [-0.39, 0.29) is 5.91 Å². The number of amides is 1. The van der Waals surface area contributed by atoms with Crippen LogP contribution in [0, 0.1) is 0 Å². The molecule has 0 radical (unpaired) electrons. The van der Waals surface area contributed by atoms with Crippen LogP contribution in [-0.2, 0) is 11.3 Å². The maximum absolute atomic E-state index is 12.7. The number of nitrogens with one attached hydrogen (secondary N) is 1. The van der Waals surface area contributed by atoms with E-state index in [9.17, 15) is 4.79 Å². The van der Waals surface area contributed by atoms with E-state index in [2.05, 4.69) is 15.2 Å². The maximum Gasteiger partial charge on any atom is 0.270 e. The van der Waals surface area contributed by atoms with Gasteiger partial charge in [-0.25, -0.2) is 0 Å². The van der Waals surface area contributed by atoms with Gasteiger partial charge in [0.25, 0.3) is 5.91 Å². The fraction of sp³-hybridized carbons (Fsp3) is 0.273. The number of benzene rings is 2. The molecule has 1 N–H and O–H groups in total. The van der Waals surface area contributed by atoms with Crippen LogP contribution in [-0.4, -0.2) is 44.3 Å². The second kappa shape index (κ2) is 8.27. The first kappa shape index (κ1) is 18.3. The van der Waals surface area contributed by atoms with Crippen LogP contribution in [0.3, 0.4) is 0 Å². The molecule has 28 heavy (non-hydrogen) atoms. The van der Waals surface area contributed by atoms with Crippen molar-refractivity contribution in [3.63, 3.8) is 0 Å². The summed E-state index contributed by atoms with van der Waals surface area (Å²) < 4.78 is 10.9. The Morgan fingerprint density at radius 3 is 2.82 bits per heavy atom. The van der Waals surface area contributed by atoms with Crippen molar-refractivity contribution in [2.24, 2.45) is 0 Å². The fourth-order valence-electron chi connectivity index (χ4n) is 3.51. The van der Waals surface area contributed by atoms with Gasteiger partial charge < -0.3 is 19.7 Å². The van der Waals surface area contributed by atoms with E-state index in [1.165, 1.54) is 0 Å². The lowest BCUT2D eigenvalue weighted by atomic mass is 10.0. The van der Waals surface area contributed by atoms with Crippen LogP contribution in [0.5, 0.6) is 5.75 Å². The number of rotatable bonds is 5. The lowest BCUT2D eigenvalue weighted by molar-refractivity contribution is 0.0946. The van der Waals surface area contributed by atoms with Crippen LogP contribution in [0.15, 0.2) is 54.7 Å². The van der Waals surface area contributed by atoms with Gasteiger partial charge in [-0.05, 0) is 29.0 Å². The summed E-state index contributed by atoms with van der Waals surface area (Å²) in [5, 5.41) is 5.17. The first-order valence-electron chi connectivity index (χ1n) is 9.38. The van der Waals surface area contributed by atoms with Gasteiger partial charge >= 0.3 is 0 Å². The molecule has 2 aromatic carbocycles. The molecule has 1 aromatic heterocycles. The zero-order chi connectivity index (χ0) is 19.3. The quantitative estimate of drug-likeness (QED) is 0.741. The average molecular weight is 377 g/mol. The Bertz CT molecular complexity index is 984. The number of ether oxygens (including phenoxy) is 2. The zero-order valence-corrected chi connectivity index (χ0v) is 15.9. The smallest absolute Gasteiger partial charge is 0.270 e. The van der Waals surface area contributed by atoms with E-state index in [0.717, 1.165) is 40.9 Å². The van der Waals surface area contributed by atoms with Crippen molar-refractivity contribution in [2.75, 3.05) is 38.3 Å². The molecule has 2 heterocycles. The summed E-state index contributed by atoms with van der Waals surface area (Å²) >= 11 is 0. The average Bonchev–Trinajstić information content (AvgIpc) is 2.77. The predicted octanol–water partition coefficient (Wildman–Crippen LogP) is 3.01. The van der Waals surface area contributed by atoms with Crippen LogP contribution in [0.2, 0.25) is 0 Å². The summed E-state index contributed by atoms with van der Waals surface area (Å²) in [6.45, 7) is 3.40. The zero-order valence-electron chi connectivity index (χ0n) is 15.9. The highest BCUT2D eigenvalue weighted by molar-refractivity contribution is 5.94. The second-order valence-electron chi connectivity index (χ2n) is 6.65. The Hall–Kier alpha value is -3.12. The number of carbonyl (C=O) groups excluding carboxylic acids is 1. The van der Waals surface area contributed by atoms with E-state index in [1.807, 2.05) is 48.5 Å². The van der Waals surface area contributed by atoms with Gasteiger partial charge in [-0.3, -0.25) is 9.78 Å². The predicted molar refractivity (Wildman–Crippen MR) is 109 cm³/mol. The minimum Gasteiger partial charge on any atom is -0.496 e. The van der Waals surface area contributed by atoms with E-state index in [0.29, 0.717) is 25.5 Å². The van der Waals surface area contributed by atoms with Crippen molar-refractivity contribution < 1.29 is 14.3 Å². The Kier molecular flexibility index (Phi) is 5.39. The number of fused-ring (bicyclic) bond motifs is 1. The monoisotopic (exact) mass is 377 g/mol. The number of anilines is 1. The molecular weight excluding hydrogens is 354 g/mol. The molecule has 3 aromatic rings. The molecule has 1 saturated heterocycles. The van der Waals surface area contributed by atoms with Gasteiger partial charge in [0.05, 0.1) is 20.3 Å². The van der Waals surface area contributed by atoms with E-state index in [4.69, 9.17) is 9.47 Å². The van der Waals surface area contributed by atoms with Crippen LogP contribution in [0.25, 0.3) is 10.8 Å². The number of pyridine rings is 1. The summed E-state index contributed by atoms with van der Waals surface area (Å²) in [7, 11) is 1.64. The number of hydrogen-bond acceptors (Lipinski definition) is 5. The standard InChI is InChI=1S/C22H23N3O3/c1-27-21-7-6-16-4-2-3-5-18(16)19(21)15-24-22(26)20-14-17(8-9-23-20)25-10-12-28-13-11-25/h2-9,14H,10-13,15H2,1H3,(H,24,26). The molecule has 0 saturated carbocycles. The van der Waals surface area contributed by atoms with Crippen LogP contribution >= 0.6 is 0 Å². The van der Waals surface area contributed by atoms with Gasteiger partial charge in [0, 0.05) is 37.1 Å². The Morgan fingerprint density at radius 1 is 1.18 bits per heavy atom. The topological polar surface area (TPSA) is 63.7 Å². The molecule has 0 atom stereocenters. The highest BCUT2D eigenvalue weighted by Crippen LogP contribution is 2.28. The normalized spacial score (nSPS) is 14.1. The number of morpholine rings is 1. The molecule has 0 bridgehead atoms. The SMILES string of the molecule is COc1ccc2ccccc2c1CNC(=O)c1cc(N2CCOCC2)ccn1. The lowest BCUT2D eigenvalue weighted by Crippen LogP contribution is -2.36. The Balaban J connectivity index is 1.53. The molecule has 6 heteroatoms. The molecule has 1 aliphatic heterocycles. The van der Waals surface area contributed by atoms with E-state index in [1.54, 1.807) is 13.3 Å². The molecule has 1 amide bonds. The van der Waals surface area contributed by atoms with Crippen molar-refractivity contribution in [2.45, 2.75) is 6.54 Å². The van der Waals surface area contributed by atoms with Crippen molar-refractivity contribution in [3.05, 3.63) is 66.0 Å². The lowest BCUT2D eigenvalue weighted by Gasteiger charge is -2.28. The van der Waals surface area contributed by atoms with Gasteiger partial charge in [0.1, 0.15) is 11.4 Å². The van der Waals surface area contributed by atoms with Crippen LogP contribution in [0.4, 0.5) is 5.69 Å². The minimum absolute atomic E-state index is 0.204. The summed E-state index contributed by atoms with van der Waals surface area (Å²) in [6, 6.07) is 15.8. The van der Waals surface area contributed by atoms with Crippen molar-refractivity contribution >= 4 is 22.4 Å². The molecule has 144 valence electrons. The minimum atomic E-state index is -0.204. The highest BCUT2D eigenvalue weighted by atomic mass is 16.5. The third-order valence-corrected chi connectivity index (χ3v) is 5.00. The van der Waals surface area contributed by atoms with Gasteiger partial charge in [-0.1, -0.05) is 30.3 Å². The maximum atomic E-state index is 12.7. The highest BCUT2D eigenvalue weighted by Gasteiger charge is 2.15. The first-order valence-corrected chi connectivity index (χ1v) is 9.38. The van der Waals surface area contributed by atoms with Crippen LogP contribution in [0.1, 0.15) is 16.1 Å². The fourth-order valence-corrected chi connectivity index (χ4v) is 3.51. The number of nitrogens with zero attached hydrogens (tertiary/aromatic N) is 2. The molecule has 0 unspecified atom stereocenters. The molecule has 1 fully saturated rings. The van der Waals surface area contributed by atoms with Gasteiger partial charge in [0.15, 0.2) is 0 Å². The van der Waals surface area contributed by atoms with Crippen molar-refractivity contribution in [1.29, 1.82) is 0 Å². The van der Waals surface area contributed by atoms with Gasteiger partial charge in [-0.15, -0.1) is 0 Å². The third-order valence-electron chi connectivity index (χ3n) is 5.00. The van der Waals surface area contributed by atoms with Crippen molar-refractivity contribution in [3.8, 4) is 5.75 Å². The molecule has 0 spiro atoms. The first-order chi connectivity index (χ1) is 13.8. The molecule has 1 aliphatic rings. The van der Waals surface area contributed by atoms with Gasteiger partial charge in [-0.2, -0.15) is 0 Å². The van der Waals surface area contributed by atoms with Crippen molar-refractivity contribution in [1.82, 2.24) is 10.3 Å². The van der Waals surface area contributed by atoms with E-state index >= 15 is 0 Å². The summed E-state index contributed by atoms with van der Waals surface area (Å²) in [4.78, 5) is 19.2. The largest absolute Gasteiger partial charge is 0.496 e. The summed E-state index contributed by atoms with van der Waals surface area (Å²) in [5.41, 5.74) is 2.35. The molecule has 6 nitrogen and oxygen atoms in total. The number of carbonyl (C=O) groups is 1. The number of methoxy groups -OCH3 is 1. The summed E-state index contributed by atoms with van der Waals surface area (Å²) in [5.74, 6) is 0.555. The molecular formula is C22H23N3O3. The van der Waals surface area contributed by atoms with Gasteiger partial charge in [0.2, 0.25) is 0 Å². The van der Waals surface area contributed by atoms with E-state index < -0.39 is 0 Å². The Labute approximate surface area is 164 Å². The molecule has 0 aliphatic carbocycles. The third kappa shape index (κ3) is 3.77. The Morgan fingerprint density at radius 2 is 2.00 bits per heavy atom. The number of hydrogen-bond donors (Lipinski definition) is 1. The second-order valence-corrected chi connectivity index (χ2v) is 6.65. The molecule has 4 rings (SSSR count).